The predicted octanol–water partition coefficient (Wildman–Crippen LogP) is 2.78. The fraction of sp³-hybridized carbons (Fsp3) is 0.188. The lowest BCUT2D eigenvalue weighted by Gasteiger charge is -2.21. The number of aromatic nitrogens is 1. The van der Waals surface area contributed by atoms with Crippen LogP contribution < -0.4 is 4.90 Å². The third-order valence-electron chi connectivity index (χ3n) is 3.10. The first-order chi connectivity index (χ1) is 11.0. The molecule has 0 atom stereocenters. The van der Waals surface area contributed by atoms with E-state index in [1.54, 1.807) is 18.2 Å². The zero-order valence-electron chi connectivity index (χ0n) is 12.7. The van der Waals surface area contributed by atoms with Gasteiger partial charge in [-0.25, -0.2) is 19.0 Å². The number of carbonyl (C=O) groups is 2. The Morgan fingerprint density at radius 2 is 1.78 bits per heavy atom. The third kappa shape index (κ3) is 4.03. The number of halogens is 1. The summed E-state index contributed by atoms with van der Waals surface area (Å²) in [6.07, 6.45) is 0.772. The van der Waals surface area contributed by atoms with Crippen molar-refractivity contribution in [2.75, 3.05) is 19.1 Å². The molecule has 2 aromatic rings. The fourth-order valence-corrected chi connectivity index (χ4v) is 1.91. The van der Waals surface area contributed by atoms with E-state index >= 15 is 0 Å². The molecule has 1 aromatic carbocycles. The van der Waals surface area contributed by atoms with Crippen LogP contribution in [0.15, 0.2) is 42.6 Å². The van der Waals surface area contributed by atoms with Crippen molar-refractivity contribution in [1.29, 1.82) is 0 Å². The van der Waals surface area contributed by atoms with Crippen LogP contribution in [0.25, 0.3) is 0 Å². The fourth-order valence-electron chi connectivity index (χ4n) is 1.91. The Kier molecular flexibility index (Phi) is 5.24. The van der Waals surface area contributed by atoms with E-state index in [1.807, 2.05) is 0 Å². The number of amides is 1. The molecule has 0 N–H and O–H groups in total. The molecule has 0 aliphatic heterocycles. The van der Waals surface area contributed by atoms with Gasteiger partial charge >= 0.3 is 12.1 Å². The number of benzene rings is 1. The minimum atomic E-state index is -0.595. The second-order valence-electron chi connectivity index (χ2n) is 4.58. The number of ether oxygens (including phenoxy) is 2. The Bertz CT molecular complexity index is 686. The summed E-state index contributed by atoms with van der Waals surface area (Å²) in [5.41, 5.74) is 1.28. The number of rotatable bonds is 4. The Hall–Kier alpha value is -2.96. The van der Waals surface area contributed by atoms with Gasteiger partial charge in [-0.3, -0.25) is 4.90 Å². The van der Waals surface area contributed by atoms with E-state index < -0.39 is 12.1 Å². The standard InChI is InChI=1S/C16H15FN2O4/c1-22-15(20)14-8-7-13(9-18-14)19(16(21)23-2)10-11-3-5-12(17)6-4-11/h3-9H,10H2,1-2H3. The Morgan fingerprint density at radius 3 is 2.30 bits per heavy atom. The number of anilines is 1. The zero-order valence-corrected chi connectivity index (χ0v) is 12.7. The van der Waals surface area contributed by atoms with Gasteiger partial charge in [-0.15, -0.1) is 0 Å². The molecule has 1 aromatic heterocycles. The van der Waals surface area contributed by atoms with E-state index in [4.69, 9.17) is 4.74 Å². The van der Waals surface area contributed by atoms with Crippen LogP contribution in [0, 0.1) is 5.82 Å². The zero-order chi connectivity index (χ0) is 16.8. The second-order valence-corrected chi connectivity index (χ2v) is 4.58. The van der Waals surface area contributed by atoms with Crippen molar-refractivity contribution in [3.05, 3.63) is 59.7 Å². The van der Waals surface area contributed by atoms with E-state index in [0.29, 0.717) is 11.3 Å². The lowest BCUT2D eigenvalue weighted by molar-refractivity contribution is 0.0594. The number of nitrogens with zero attached hydrogens (tertiary/aromatic N) is 2. The Balaban J connectivity index is 2.26. The second kappa shape index (κ2) is 7.35. The molecule has 0 spiro atoms. The first-order valence-corrected chi connectivity index (χ1v) is 6.69. The number of methoxy groups -OCH3 is 2. The summed E-state index contributed by atoms with van der Waals surface area (Å²) in [5.74, 6) is -0.929. The summed E-state index contributed by atoms with van der Waals surface area (Å²) in [6, 6.07) is 8.76. The summed E-state index contributed by atoms with van der Waals surface area (Å²) in [7, 11) is 2.52. The largest absolute Gasteiger partial charge is 0.464 e. The van der Waals surface area contributed by atoms with E-state index in [9.17, 15) is 14.0 Å². The van der Waals surface area contributed by atoms with Crippen LogP contribution in [0.2, 0.25) is 0 Å². The normalized spacial score (nSPS) is 10.0. The molecule has 23 heavy (non-hydrogen) atoms. The highest BCUT2D eigenvalue weighted by molar-refractivity contribution is 5.89. The molecule has 0 bridgehead atoms. The van der Waals surface area contributed by atoms with Crippen LogP contribution in [0.3, 0.4) is 0 Å². The maximum Gasteiger partial charge on any atom is 0.414 e. The monoisotopic (exact) mass is 318 g/mol. The quantitative estimate of drug-likeness (QED) is 0.811. The van der Waals surface area contributed by atoms with Crippen LogP contribution in [-0.2, 0) is 16.0 Å². The molecule has 0 unspecified atom stereocenters. The molecule has 0 fully saturated rings. The smallest absolute Gasteiger partial charge is 0.414 e. The van der Waals surface area contributed by atoms with Gasteiger partial charge in [0.25, 0.3) is 0 Å². The average molecular weight is 318 g/mol. The number of pyridine rings is 1. The van der Waals surface area contributed by atoms with Crippen molar-refractivity contribution in [3.63, 3.8) is 0 Å². The number of hydrogen-bond donors (Lipinski definition) is 0. The number of esters is 1. The molecule has 2 rings (SSSR count). The molecule has 1 heterocycles. The summed E-state index contributed by atoms with van der Waals surface area (Å²) in [5, 5.41) is 0. The maximum absolute atomic E-state index is 13.0. The molecule has 0 radical (unpaired) electrons. The molecule has 0 aliphatic carbocycles. The van der Waals surface area contributed by atoms with Gasteiger partial charge in [0, 0.05) is 0 Å². The van der Waals surface area contributed by atoms with Gasteiger partial charge in [-0.1, -0.05) is 12.1 Å². The lowest BCUT2D eigenvalue weighted by Crippen LogP contribution is -2.30. The topological polar surface area (TPSA) is 68.7 Å². The molecule has 120 valence electrons. The van der Waals surface area contributed by atoms with Crippen LogP contribution in [0.4, 0.5) is 14.9 Å². The lowest BCUT2D eigenvalue weighted by atomic mass is 10.2. The number of carbonyl (C=O) groups excluding carboxylic acids is 2. The van der Waals surface area contributed by atoms with Gasteiger partial charge in [-0.2, -0.15) is 0 Å². The van der Waals surface area contributed by atoms with Gasteiger partial charge < -0.3 is 9.47 Å². The molecule has 0 saturated carbocycles. The minimum absolute atomic E-state index is 0.128. The van der Waals surface area contributed by atoms with Crippen molar-refractivity contribution in [1.82, 2.24) is 4.98 Å². The van der Waals surface area contributed by atoms with E-state index in [1.165, 1.54) is 43.5 Å². The van der Waals surface area contributed by atoms with Gasteiger partial charge in [0.2, 0.25) is 0 Å². The SMILES string of the molecule is COC(=O)c1ccc(N(Cc2ccc(F)cc2)C(=O)OC)cn1. The molecular weight excluding hydrogens is 303 g/mol. The van der Waals surface area contributed by atoms with Crippen LogP contribution in [-0.4, -0.2) is 31.3 Å². The van der Waals surface area contributed by atoms with Gasteiger partial charge in [0.15, 0.2) is 0 Å². The molecule has 6 nitrogen and oxygen atoms in total. The van der Waals surface area contributed by atoms with E-state index in [0.717, 1.165) is 0 Å². The average Bonchev–Trinajstić information content (AvgIpc) is 2.60. The summed E-state index contributed by atoms with van der Waals surface area (Å²) in [6.45, 7) is 0.173. The summed E-state index contributed by atoms with van der Waals surface area (Å²) < 4.78 is 22.3. The van der Waals surface area contributed by atoms with Crippen LogP contribution >= 0.6 is 0 Å². The van der Waals surface area contributed by atoms with Gasteiger partial charge in [-0.05, 0) is 29.8 Å². The highest BCUT2D eigenvalue weighted by Crippen LogP contribution is 2.18. The third-order valence-corrected chi connectivity index (χ3v) is 3.10. The molecule has 7 heteroatoms. The molecule has 0 saturated heterocycles. The molecule has 0 aliphatic rings. The van der Waals surface area contributed by atoms with Crippen molar-refractivity contribution in [2.24, 2.45) is 0 Å². The van der Waals surface area contributed by atoms with Crippen molar-refractivity contribution in [3.8, 4) is 0 Å². The Morgan fingerprint density at radius 1 is 1.09 bits per heavy atom. The van der Waals surface area contributed by atoms with Crippen molar-refractivity contribution >= 4 is 17.7 Å². The van der Waals surface area contributed by atoms with Crippen molar-refractivity contribution in [2.45, 2.75) is 6.54 Å². The minimum Gasteiger partial charge on any atom is -0.464 e. The Labute approximate surface area is 132 Å². The van der Waals surface area contributed by atoms with Crippen molar-refractivity contribution < 1.29 is 23.5 Å². The van der Waals surface area contributed by atoms with Crippen LogP contribution in [0.5, 0.6) is 0 Å². The molecule has 1 amide bonds. The molecular formula is C16H15FN2O4. The summed E-state index contributed by atoms with van der Waals surface area (Å²) in [4.78, 5) is 28.6. The highest BCUT2D eigenvalue weighted by Gasteiger charge is 2.18. The summed E-state index contributed by atoms with van der Waals surface area (Å²) >= 11 is 0. The highest BCUT2D eigenvalue weighted by atomic mass is 19.1. The first-order valence-electron chi connectivity index (χ1n) is 6.69. The van der Waals surface area contributed by atoms with Gasteiger partial charge in [0.1, 0.15) is 11.5 Å². The predicted molar refractivity (Wildman–Crippen MR) is 80.6 cm³/mol. The van der Waals surface area contributed by atoms with E-state index in [-0.39, 0.29) is 18.1 Å². The van der Waals surface area contributed by atoms with Gasteiger partial charge in [0.05, 0.1) is 32.6 Å². The van der Waals surface area contributed by atoms with Crippen LogP contribution in [0.1, 0.15) is 16.1 Å². The maximum atomic E-state index is 13.0. The first kappa shape index (κ1) is 16.4. The number of hydrogen-bond acceptors (Lipinski definition) is 5. The van der Waals surface area contributed by atoms with E-state index in [2.05, 4.69) is 9.72 Å².